The molecule has 0 unspecified atom stereocenters. The van der Waals surface area contributed by atoms with Crippen LogP contribution in [0.25, 0.3) is 0 Å². The number of carbonyl (C=O) groups excluding carboxylic acids is 3. The van der Waals surface area contributed by atoms with Crippen molar-refractivity contribution in [1.82, 2.24) is 15.1 Å². The highest BCUT2D eigenvalue weighted by Crippen LogP contribution is 2.25. The summed E-state index contributed by atoms with van der Waals surface area (Å²) in [6, 6.07) is 22.3. The van der Waals surface area contributed by atoms with E-state index >= 15 is 0 Å². The summed E-state index contributed by atoms with van der Waals surface area (Å²) >= 11 is 12.1. The van der Waals surface area contributed by atoms with Gasteiger partial charge in [0.25, 0.3) is 17.7 Å². The van der Waals surface area contributed by atoms with Crippen LogP contribution in [0, 0.1) is 0 Å². The molecule has 36 heavy (non-hydrogen) atoms. The van der Waals surface area contributed by atoms with Gasteiger partial charge >= 0.3 is 0 Å². The molecule has 2 heterocycles. The molecule has 0 saturated heterocycles. The largest absolute Gasteiger partial charge is 0.375 e. The van der Waals surface area contributed by atoms with Crippen molar-refractivity contribution < 1.29 is 14.4 Å². The van der Waals surface area contributed by atoms with Gasteiger partial charge in [0.2, 0.25) is 0 Å². The third-order valence-electron chi connectivity index (χ3n) is 6.45. The number of imide groups is 1. The molecule has 3 amide bonds. The molecule has 0 radical (unpaired) electrons. The van der Waals surface area contributed by atoms with Crippen LogP contribution >= 0.6 is 23.2 Å². The summed E-state index contributed by atoms with van der Waals surface area (Å²) in [6.45, 7) is 1.68. The number of hydrogen-bond acceptors (Lipinski definition) is 4. The average molecular weight is 520 g/mol. The molecule has 0 aromatic heterocycles. The van der Waals surface area contributed by atoms with Crippen LogP contribution in [0.5, 0.6) is 0 Å². The molecule has 0 saturated carbocycles. The van der Waals surface area contributed by atoms with Crippen LogP contribution in [-0.4, -0.2) is 34.1 Å². The van der Waals surface area contributed by atoms with Gasteiger partial charge in [0.15, 0.2) is 0 Å². The molecule has 182 valence electrons. The van der Waals surface area contributed by atoms with Crippen molar-refractivity contribution in [2.45, 2.75) is 26.1 Å². The minimum Gasteiger partial charge on any atom is -0.375 e. The van der Waals surface area contributed by atoms with Crippen LogP contribution in [0.4, 0.5) is 0 Å². The number of fused-ring (bicyclic) bond motifs is 1. The molecule has 0 fully saturated rings. The van der Waals surface area contributed by atoms with Crippen molar-refractivity contribution in [1.29, 1.82) is 0 Å². The van der Waals surface area contributed by atoms with Crippen LogP contribution in [0.2, 0.25) is 5.02 Å². The molecule has 3 aromatic carbocycles. The van der Waals surface area contributed by atoms with Crippen LogP contribution in [0.1, 0.15) is 32.6 Å². The summed E-state index contributed by atoms with van der Waals surface area (Å²) in [6.07, 6.45) is 0.849. The smallest absolute Gasteiger partial charge is 0.278 e. The molecule has 0 spiro atoms. The van der Waals surface area contributed by atoms with Gasteiger partial charge in [0.1, 0.15) is 10.7 Å². The second kappa shape index (κ2) is 10.2. The van der Waals surface area contributed by atoms with Gasteiger partial charge in [-0.05, 0) is 52.9 Å². The summed E-state index contributed by atoms with van der Waals surface area (Å²) < 4.78 is 0. The predicted octanol–water partition coefficient (Wildman–Crippen LogP) is 4.65. The lowest BCUT2D eigenvalue weighted by molar-refractivity contribution is -0.138. The standard InChI is InChI=1S/C28H23Cl2N3O3/c29-23-11-7-19(8-12-23)16-33-27(35)24(30)25(28(33)36)31-15-18-5-9-21(10-6-18)26(34)32-14-13-20-3-1-2-4-22(20)17-32/h1-12,31H,13-17H2. The Kier molecular flexibility index (Phi) is 6.81. The minimum absolute atomic E-state index is 0.0100. The Hall–Kier alpha value is -3.61. The summed E-state index contributed by atoms with van der Waals surface area (Å²) in [5.41, 5.74) is 4.78. The second-order valence-electron chi connectivity index (χ2n) is 8.81. The summed E-state index contributed by atoms with van der Waals surface area (Å²) in [7, 11) is 0. The molecule has 6 nitrogen and oxygen atoms in total. The molecule has 2 aliphatic rings. The van der Waals surface area contributed by atoms with E-state index in [4.69, 9.17) is 23.2 Å². The molecule has 3 aromatic rings. The van der Waals surface area contributed by atoms with Gasteiger partial charge in [0.05, 0.1) is 6.54 Å². The van der Waals surface area contributed by atoms with E-state index in [0.717, 1.165) is 22.4 Å². The zero-order valence-electron chi connectivity index (χ0n) is 19.3. The number of nitrogens with one attached hydrogen (secondary N) is 1. The second-order valence-corrected chi connectivity index (χ2v) is 9.62. The van der Waals surface area contributed by atoms with E-state index in [0.29, 0.717) is 23.7 Å². The summed E-state index contributed by atoms with van der Waals surface area (Å²) in [5.74, 6) is -1.02. The minimum atomic E-state index is -0.539. The number of hydrogen-bond donors (Lipinski definition) is 1. The van der Waals surface area contributed by atoms with E-state index < -0.39 is 11.8 Å². The first-order valence-corrected chi connectivity index (χ1v) is 12.4. The Morgan fingerprint density at radius 1 is 0.833 bits per heavy atom. The van der Waals surface area contributed by atoms with Gasteiger partial charge in [-0.2, -0.15) is 0 Å². The quantitative estimate of drug-likeness (QED) is 0.481. The van der Waals surface area contributed by atoms with E-state index in [-0.39, 0.29) is 29.7 Å². The van der Waals surface area contributed by atoms with E-state index in [2.05, 4.69) is 17.4 Å². The van der Waals surface area contributed by atoms with Crippen molar-refractivity contribution in [3.05, 3.63) is 116 Å². The van der Waals surface area contributed by atoms with Crippen molar-refractivity contribution in [2.24, 2.45) is 0 Å². The fourth-order valence-electron chi connectivity index (χ4n) is 4.42. The Labute approximate surface area is 219 Å². The number of rotatable bonds is 6. The average Bonchev–Trinajstić information content (AvgIpc) is 3.11. The van der Waals surface area contributed by atoms with Crippen molar-refractivity contribution >= 4 is 40.9 Å². The van der Waals surface area contributed by atoms with Crippen molar-refractivity contribution in [3.8, 4) is 0 Å². The Morgan fingerprint density at radius 3 is 2.22 bits per heavy atom. The third kappa shape index (κ3) is 4.87. The van der Waals surface area contributed by atoms with E-state index in [1.165, 1.54) is 11.1 Å². The van der Waals surface area contributed by atoms with Gasteiger partial charge in [-0.1, -0.05) is 71.7 Å². The molecule has 0 aliphatic carbocycles. The lowest BCUT2D eigenvalue weighted by atomic mass is 9.99. The van der Waals surface area contributed by atoms with Gasteiger partial charge in [0, 0.05) is 30.2 Å². The maximum absolute atomic E-state index is 13.0. The van der Waals surface area contributed by atoms with Crippen LogP contribution in [0.15, 0.2) is 83.5 Å². The van der Waals surface area contributed by atoms with E-state index in [1.54, 1.807) is 36.4 Å². The van der Waals surface area contributed by atoms with Crippen LogP contribution < -0.4 is 5.32 Å². The topological polar surface area (TPSA) is 69.7 Å². The SMILES string of the molecule is O=C(c1ccc(CNC2=C(Cl)C(=O)N(Cc3ccc(Cl)cc3)C2=O)cc1)N1CCc2ccccc2C1. The number of amides is 3. The molecular formula is C28H23Cl2N3O3. The summed E-state index contributed by atoms with van der Waals surface area (Å²) in [4.78, 5) is 41.4. The lowest BCUT2D eigenvalue weighted by Crippen LogP contribution is -2.35. The first kappa shape index (κ1) is 24.1. The lowest BCUT2D eigenvalue weighted by Gasteiger charge is -2.29. The zero-order chi connectivity index (χ0) is 25.2. The normalized spacial score (nSPS) is 15.4. The Morgan fingerprint density at radius 2 is 1.50 bits per heavy atom. The van der Waals surface area contributed by atoms with Gasteiger partial charge in [-0.25, -0.2) is 0 Å². The van der Waals surface area contributed by atoms with Gasteiger partial charge in [-0.3, -0.25) is 19.3 Å². The number of benzene rings is 3. The summed E-state index contributed by atoms with van der Waals surface area (Å²) in [5, 5.41) is 3.44. The van der Waals surface area contributed by atoms with Crippen molar-refractivity contribution in [3.63, 3.8) is 0 Å². The first-order chi connectivity index (χ1) is 17.4. The predicted molar refractivity (Wildman–Crippen MR) is 138 cm³/mol. The fraction of sp³-hybridized carbons (Fsp3) is 0.179. The van der Waals surface area contributed by atoms with Gasteiger partial charge in [-0.15, -0.1) is 0 Å². The zero-order valence-corrected chi connectivity index (χ0v) is 20.9. The number of nitrogens with zero attached hydrogens (tertiary/aromatic N) is 2. The Bertz CT molecular complexity index is 1370. The molecule has 0 atom stereocenters. The van der Waals surface area contributed by atoms with Crippen LogP contribution in [-0.2, 0) is 35.6 Å². The third-order valence-corrected chi connectivity index (χ3v) is 7.06. The van der Waals surface area contributed by atoms with E-state index in [1.807, 2.05) is 29.2 Å². The molecule has 1 N–H and O–H groups in total. The fourth-order valence-corrected chi connectivity index (χ4v) is 4.80. The molecule has 0 bridgehead atoms. The number of carbonyl (C=O) groups is 3. The maximum atomic E-state index is 13.0. The molecular weight excluding hydrogens is 497 g/mol. The van der Waals surface area contributed by atoms with Gasteiger partial charge < -0.3 is 10.2 Å². The van der Waals surface area contributed by atoms with Crippen molar-refractivity contribution in [2.75, 3.05) is 6.54 Å². The highest BCUT2D eigenvalue weighted by molar-refractivity contribution is 6.47. The number of halogens is 2. The highest BCUT2D eigenvalue weighted by Gasteiger charge is 2.37. The highest BCUT2D eigenvalue weighted by atomic mass is 35.5. The Balaban J connectivity index is 1.20. The molecule has 5 rings (SSSR count). The van der Waals surface area contributed by atoms with E-state index in [9.17, 15) is 14.4 Å². The molecule has 2 aliphatic heterocycles. The monoisotopic (exact) mass is 519 g/mol. The maximum Gasteiger partial charge on any atom is 0.278 e. The first-order valence-electron chi connectivity index (χ1n) is 11.6. The van der Waals surface area contributed by atoms with Crippen LogP contribution in [0.3, 0.4) is 0 Å². The molecule has 8 heteroatoms.